The van der Waals surface area contributed by atoms with E-state index in [1.807, 2.05) is 13.8 Å². The van der Waals surface area contributed by atoms with Gasteiger partial charge in [0.25, 0.3) is 0 Å². The Balaban J connectivity index is 2.77. The van der Waals surface area contributed by atoms with Crippen molar-refractivity contribution >= 4 is 21.6 Å². The van der Waals surface area contributed by atoms with Crippen LogP contribution in [-0.2, 0) is 0 Å². The van der Waals surface area contributed by atoms with Crippen molar-refractivity contribution in [2.24, 2.45) is 0 Å². The molecule has 0 aromatic heterocycles. The summed E-state index contributed by atoms with van der Waals surface area (Å²) in [5.74, 6) is 0.341. The molecular formula is C12H17BrN2O3. The number of hydrogen-bond donors (Lipinski definition) is 1. The lowest BCUT2D eigenvalue weighted by Gasteiger charge is -2.12. The molecular weight excluding hydrogens is 300 g/mol. The minimum absolute atomic E-state index is 0.00794. The predicted molar refractivity (Wildman–Crippen MR) is 74.2 cm³/mol. The first-order valence-corrected chi connectivity index (χ1v) is 6.52. The zero-order valence-electron chi connectivity index (χ0n) is 10.7. The monoisotopic (exact) mass is 316 g/mol. The van der Waals surface area contributed by atoms with Gasteiger partial charge in [0.2, 0.25) is 0 Å². The van der Waals surface area contributed by atoms with Gasteiger partial charge in [0.1, 0.15) is 6.61 Å². The molecule has 0 amide bonds. The highest BCUT2D eigenvalue weighted by Crippen LogP contribution is 2.33. The van der Waals surface area contributed by atoms with Gasteiger partial charge in [-0.25, -0.2) is 0 Å². The topological polar surface area (TPSA) is 64.4 Å². The minimum Gasteiger partial charge on any atom is -0.485 e. The highest BCUT2D eigenvalue weighted by atomic mass is 79.9. The summed E-state index contributed by atoms with van der Waals surface area (Å²) >= 11 is 3.24. The smallest absolute Gasteiger partial charge is 0.312 e. The van der Waals surface area contributed by atoms with Gasteiger partial charge in [0, 0.05) is 23.1 Å². The third kappa shape index (κ3) is 4.27. The van der Waals surface area contributed by atoms with E-state index in [1.165, 1.54) is 6.07 Å². The Kier molecular flexibility index (Phi) is 5.55. The van der Waals surface area contributed by atoms with Gasteiger partial charge in [-0.15, -0.1) is 0 Å². The molecule has 1 rings (SSSR count). The van der Waals surface area contributed by atoms with Gasteiger partial charge >= 0.3 is 5.69 Å². The summed E-state index contributed by atoms with van der Waals surface area (Å²) in [5.41, 5.74) is 0.743. The van der Waals surface area contributed by atoms with Crippen molar-refractivity contribution in [1.82, 2.24) is 5.32 Å². The summed E-state index contributed by atoms with van der Waals surface area (Å²) < 4.78 is 6.19. The number of halogens is 1. The van der Waals surface area contributed by atoms with Crippen LogP contribution < -0.4 is 10.1 Å². The standard InChI is InChI=1S/C12H17BrN2O3/c1-8(2)14-4-5-18-12-9(3)6-10(13)7-11(12)15(16)17/h6-8,14H,4-5H2,1-3H3. The van der Waals surface area contributed by atoms with Crippen LogP contribution in [0, 0.1) is 17.0 Å². The summed E-state index contributed by atoms with van der Waals surface area (Å²) in [6.45, 7) is 6.93. The number of ether oxygens (including phenoxy) is 1. The fraction of sp³-hybridized carbons (Fsp3) is 0.500. The number of nitrogens with one attached hydrogen (secondary N) is 1. The third-order valence-electron chi connectivity index (χ3n) is 2.32. The van der Waals surface area contributed by atoms with Crippen LogP contribution in [0.1, 0.15) is 19.4 Å². The van der Waals surface area contributed by atoms with E-state index in [1.54, 1.807) is 13.0 Å². The lowest BCUT2D eigenvalue weighted by atomic mass is 10.2. The number of benzene rings is 1. The van der Waals surface area contributed by atoms with Gasteiger partial charge in [-0.2, -0.15) is 0 Å². The van der Waals surface area contributed by atoms with E-state index >= 15 is 0 Å². The molecule has 5 nitrogen and oxygen atoms in total. The molecule has 0 heterocycles. The normalized spacial score (nSPS) is 10.7. The van der Waals surface area contributed by atoms with Crippen molar-refractivity contribution in [3.05, 3.63) is 32.3 Å². The molecule has 0 saturated carbocycles. The molecule has 100 valence electrons. The molecule has 0 unspecified atom stereocenters. The van der Waals surface area contributed by atoms with Crippen molar-refractivity contribution in [2.75, 3.05) is 13.2 Å². The van der Waals surface area contributed by atoms with E-state index in [2.05, 4.69) is 21.2 Å². The van der Waals surface area contributed by atoms with Gasteiger partial charge in [-0.05, 0) is 18.6 Å². The maximum Gasteiger partial charge on any atom is 0.312 e. The van der Waals surface area contributed by atoms with Crippen LogP contribution in [0.25, 0.3) is 0 Å². The van der Waals surface area contributed by atoms with Crippen molar-refractivity contribution in [3.63, 3.8) is 0 Å². The summed E-state index contributed by atoms with van der Waals surface area (Å²) in [6.07, 6.45) is 0. The number of rotatable bonds is 6. The second-order valence-electron chi connectivity index (χ2n) is 4.29. The van der Waals surface area contributed by atoms with E-state index in [4.69, 9.17) is 4.74 Å². The molecule has 6 heteroatoms. The van der Waals surface area contributed by atoms with Crippen LogP contribution in [-0.4, -0.2) is 24.1 Å². The molecule has 0 bridgehead atoms. The molecule has 0 saturated heterocycles. The number of aryl methyl sites for hydroxylation is 1. The lowest BCUT2D eigenvalue weighted by Crippen LogP contribution is -2.27. The highest BCUT2D eigenvalue weighted by molar-refractivity contribution is 9.10. The van der Waals surface area contributed by atoms with Gasteiger partial charge < -0.3 is 10.1 Å². The van der Waals surface area contributed by atoms with Crippen LogP contribution in [0.4, 0.5) is 5.69 Å². The predicted octanol–water partition coefficient (Wildman–Crippen LogP) is 3.04. The summed E-state index contributed by atoms with van der Waals surface area (Å²) in [7, 11) is 0. The van der Waals surface area contributed by atoms with Crippen molar-refractivity contribution in [2.45, 2.75) is 26.8 Å². The largest absolute Gasteiger partial charge is 0.485 e. The molecule has 0 radical (unpaired) electrons. The maximum atomic E-state index is 11.0. The highest BCUT2D eigenvalue weighted by Gasteiger charge is 2.18. The molecule has 0 fully saturated rings. The fourth-order valence-electron chi connectivity index (χ4n) is 1.54. The third-order valence-corrected chi connectivity index (χ3v) is 2.78. The Hall–Kier alpha value is -1.14. The first-order valence-electron chi connectivity index (χ1n) is 5.72. The molecule has 18 heavy (non-hydrogen) atoms. The second-order valence-corrected chi connectivity index (χ2v) is 5.20. The summed E-state index contributed by atoms with van der Waals surface area (Å²) in [6, 6.07) is 3.63. The molecule has 0 aliphatic carbocycles. The Morgan fingerprint density at radius 3 is 2.72 bits per heavy atom. The molecule has 0 aliphatic heterocycles. The zero-order valence-corrected chi connectivity index (χ0v) is 12.3. The minimum atomic E-state index is -0.428. The summed E-state index contributed by atoms with van der Waals surface area (Å²) in [4.78, 5) is 10.5. The van der Waals surface area contributed by atoms with Crippen molar-refractivity contribution in [1.29, 1.82) is 0 Å². The molecule has 1 N–H and O–H groups in total. The molecule has 0 spiro atoms. The van der Waals surface area contributed by atoms with Gasteiger partial charge in [-0.3, -0.25) is 10.1 Å². The molecule has 1 aromatic carbocycles. The van der Waals surface area contributed by atoms with Crippen LogP contribution >= 0.6 is 15.9 Å². The SMILES string of the molecule is Cc1cc(Br)cc([N+](=O)[O-])c1OCCNC(C)C. The first kappa shape index (κ1) is 14.9. The van der Waals surface area contributed by atoms with Crippen molar-refractivity contribution in [3.8, 4) is 5.75 Å². The Labute approximate surface area is 115 Å². The van der Waals surface area contributed by atoms with Crippen LogP contribution in [0.5, 0.6) is 5.75 Å². The fourth-order valence-corrected chi connectivity index (χ4v) is 2.10. The van der Waals surface area contributed by atoms with Gasteiger partial charge in [0.05, 0.1) is 4.92 Å². The van der Waals surface area contributed by atoms with Crippen LogP contribution in [0.15, 0.2) is 16.6 Å². The quantitative estimate of drug-likeness (QED) is 0.497. The van der Waals surface area contributed by atoms with E-state index in [-0.39, 0.29) is 5.69 Å². The molecule has 1 aromatic rings. The average Bonchev–Trinajstić information content (AvgIpc) is 2.25. The van der Waals surface area contributed by atoms with Crippen LogP contribution in [0.2, 0.25) is 0 Å². The number of hydrogen-bond acceptors (Lipinski definition) is 4. The second kappa shape index (κ2) is 6.70. The van der Waals surface area contributed by atoms with E-state index in [0.29, 0.717) is 29.4 Å². The van der Waals surface area contributed by atoms with E-state index in [0.717, 1.165) is 5.56 Å². The molecule has 0 atom stereocenters. The first-order chi connectivity index (χ1) is 8.41. The van der Waals surface area contributed by atoms with E-state index in [9.17, 15) is 10.1 Å². The van der Waals surface area contributed by atoms with Crippen molar-refractivity contribution < 1.29 is 9.66 Å². The molecule has 0 aliphatic rings. The average molecular weight is 317 g/mol. The number of nitro groups is 1. The Morgan fingerprint density at radius 2 is 2.17 bits per heavy atom. The van der Waals surface area contributed by atoms with Crippen LogP contribution in [0.3, 0.4) is 0 Å². The van der Waals surface area contributed by atoms with Gasteiger partial charge in [0.15, 0.2) is 5.75 Å². The Bertz CT molecular complexity index is 436. The van der Waals surface area contributed by atoms with E-state index < -0.39 is 4.92 Å². The zero-order chi connectivity index (χ0) is 13.7. The Morgan fingerprint density at radius 1 is 1.50 bits per heavy atom. The number of nitrogens with zero attached hydrogens (tertiary/aromatic N) is 1. The lowest BCUT2D eigenvalue weighted by molar-refractivity contribution is -0.386. The van der Waals surface area contributed by atoms with Gasteiger partial charge in [-0.1, -0.05) is 29.8 Å². The number of nitro benzene ring substituents is 1. The maximum absolute atomic E-state index is 11.0. The summed E-state index contributed by atoms with van der Waals surface area (Å²) in [5, 5.41) is 14.1.